The third-order valence-electron chi connectivity index (χ3n) is 4.69. The summed E-state index contributed by atoms with van der Waals surface area (Å²) in [5.74, 6) is -0.0480. The predicted molar refractivity (Wildman–Crippen MR) is 109 cm³/mol. The molecule has 4 aromatic heterocycles. The molecular formula is C21H20N6O3. The molecule has 0 unspecified atom stereocenters. The van der Waals surface area contributed by atoms with Crippen LogP contribution >= 0.6 is 0 Å². The molecule has 1 amide bonds. The molecule has 0 aromatic carbocycles. The van der Waals surface area contributed by atoms with Crippen molar-refractivity contribution in [3.8, 4) is 0 Å². The molecule has 1 N–H and O–H groups in total. The lowest BCUT2D eigenvalue weighted by molar-refractivity contribution is 0.101. The second kappa shape index (κ2) is 7.86. The predicted octanol–water partition coefficient (Wildman–Crippen LogP) is 3.44. The Morgan fingerprint density at radius 2 is 2.00 bits per heavy atom. The second-order valence-electron chi connectivity index (χ2n) is 7.08. The van der Waals surface area contributed by atoms with Gasteiger partial charge in [-0.15, -0.1) is 0 Å². The van der Waals surface area contributed by atoms with E-state index in [1.807, 2.05) is 25.3 Å². The molecule has 0 aliphatic rings. The van der Waals surface area contributed by atoms with Crippen LogP contribution in [0.15, 0.2) is 47.8 Å². The van der Waals surface area contributed by atoms with Crippen molar-refractivity contribution in [2.75, 3.05) is 5.32 Å². The lowest BCUT2D eigenvalue weighted by Crippen LogP contribution is -2.13. The van der Waals surface area contributed by atoms with E-state index in [1.54, 1.807) is 24.5 Å². The number of rotatable bonds is 6. The fraction of sp³-hybridized carbons (Fsp3) is 0.238. The lowest BCUT2D eigenvalue weighted by atomic mass is 10.1. The van der Waals surface area contributed by atoms with Gasteiger partial charge in [-0.2, -0.15) is 0 Å². The van der Waals surface area contributed by atoms with Crippen LogP contribution in [-0.4, -0.2) is 36.4 Å². The standard InChI is InChI=1S/C21H20N6O3/c1-4-15-6-18(26-30-15)21(29)25-14-5-13(7-22-8-14)19(28)17-10-27(12(2)3)20-16(17)9-23-11-24-20/h5-12H,4H2,1-3H3,(H,25,29). The van der Waals surface area contributed by atoms with Crippen molar-refractivity contribution in [1.82, 2.24) is 24.7 Å². The highest BCUT2D eigenvalue weighted by Gasteiger charge is 2.20. The van der Waals surface area contributed by atoms with Gasteiger partial charge in [0.2, 0.25) is 0 Å². The van der Waals surface area contributed by atoms with Gasteiger partial charge in [0.15, 0.2) is 11.5 Å². The summed E-state index contributed by atoms with van der Waals surface area (Å²) in [4.78, 5) is 38.0. The fourth-order valence-electron chi connectivity index (χ4n) is 3.13. The number of nitrogens with one attached hydrogen (secondary N) is 1. The van der Waals surface area contributed by atoms with Gasteiger partial charge in [-0.25, -0.2) is 9.97 Å². The summed E-state index contributed by atoms with van der Waals surface area (Å²) < 4.78 is 6.99. The van der Waals surface area contributed by atoms with Crippen LogP contribution in [0.25, 0.3) is 11.0 Å². The van der Waals surface area contributed by atoms with Crippen LogP contribution < -0.4 is 5.32 Å². The maximum absolute atomic E-state index is 13.2. The first-order valence-electron chi connectivity index (χ1n) is 9.55. The lowest BCUT2D eigenvalue weighted by Gasteiger charge is -2.07. The SMILES string of the molecule is CCc1cc(C(=O)Nc2cncc(C(=O)c3cn(C(C)C)c4ncncc34)c2)no1. The number of aryl methyl sites for hydroxylation is 1. The molecule has 30 heavy (non-hydrogen) atoms. The maximum Gasteiger partial charge on any atom is 0.277 e. The van der Waals surface area contributed by atoms with E-state index in [0.29, 0.717) is 40.0 Å². The summed E-state index contributed by atoms with van der Waals surface area (Å²) in [5.41, 5.74) is 2.07. The van der Waals surface area contributed by atoms with Gasteiger partial charge in [-0.3, -0.25) is 14.6 Å². The van der Waals surface area contributed by atoms with Crippen LogP contribution in [0.3, 0.4) is 0 Å². The number of carbonyl (C=O) groups excluding carboxylic acids is 2. The minimum atomic E-state index is -0.436. The van der Waals surface area contributed by atoms with Gasteiger partial charge in [0.1, 0.15) is 17.7 Å². The van der Waals surface area contributed by atoms with Crippen LogP contribution in [0.4, 0.5) is 5.69 Å². The van der Waals surface area contributed by atoms with Gasteiger partial charge in [0.25, 0.3) is 5.91 Å². The van der Waals surface area contributed by atoms with E-state index in [0.717, 1.165) is 0 Å². The summed E-state index contributed by atoms with van der Waals surface area (Å²) in [6.45, 7) is 5.94. The van der Waals surface area contributed by atoms with Crippen molar-refractivity contribution in [2.45, 2.75) is 33.2 Å². The Hall–Kier alpha value is -3.88. The van der Waals surface area contributed by atoms with Crippen LogP contribution in [0.2, 0.25) is 0 Å². The number of amides is 1. The summed E-state index contributed by atoms with van der Waals surface area (Å²) in [6, 6.07) is 3.29. The van der Waals surface area contributed by atoms with Crippen molar-refractivity contribution < 1.29 is 14.1 Å². The highest BCUT2D eigenvalue weighted by atomic mass is 16.5. The average molecular weight is 404 g/mol. The van der Waals surface area contributed by atoms with Gasteiger partial charge in [-0.05, 0) is 19.9 Å². The third kappa shape index (κ3) is 3.57. The highest BCUT2D eigenvalue weighted by Crippen LogP contribution is 2.25. The molecule has 9 heteroatoms. The number of pyridine rings is 1. The Morgan fingerprint density at radius 1 is 1.17 bits per heavy atom. The molecule has 0 radical (unpaired) electrons. The molecule has 152 valence electrons. The van der Waals surface area contributed by atoms with Gasteiger partial charge < -0.3 is 14.4 Å². The smallest absolute Gasteiger partial charge is 0.277 e. The Morgan fingerprint density at radius 3 is 2.73 bits per heavy atom. The normalized spacial score (nSPS) is 11.2. The van der Waals surface area contributed by atoms with Crippen molar-refractivity contribution in [2.24, 2.45) is 0 Å². The second-order valence-corrected chi connectivity index (χ2v) is 7.08. The van der Waals surface area contributed by atoms with Crippen molar-refractivity contribution in [3.63, 3.8) is 0 Å². The van der Waals surface area contributed by atoms with Crippen LogP contribution in [0, 0.1) is 0 Å². The molecular weight excluding hydrogens is 384 g/mol. The van der Waals surface area contributed by atoms with Crippen LogP contribution in [-0.2, 0) is 6.42 Å². The summed E-state index contributed by atoms with van der Waals surface area (Å²) >= 11 is 0. The van der Waals surface area contributed by atoms with E-state index < -0.39 is 5.91 Å². The van der Waals surface area contributed by atoms with E-state index >= 15 is 0 Å². The zero-order valence-corrected chi connectivity index (χ0v) is 16.8. The highest BCUT2D eigenvalue weighted by molar-refractivity contribution is 6.16. The number of carbonyl (C=O) groups is 2. The molecule has 4 aromatic rings. The fourth-order valence-corrected chi connectivity index (χ4v) is 3.13. The first kappa shape index (κ1) is 19.4. The molecule has 0 aliphatic heterocycles. The molecule has 0 saturated carbocycles. The summed E-state index contributed by atoms with van der Waals surface area (Å²) in [5, 5.41) is 7.11. The zero-order valence-electron chi connectivity index (χ0n) is 16.8. The zero-order chi connectivity index (χ0) is 21.3. The summed E-state index contributed by atoms with van der Waals surface area (Å²) in [6.07, 6.45) is 8.44. The Balaban J connectivity index is 1.63. The Kier molecular flexibility index (Phi) is 5.09. The van der Waals surface area contributed by atoms with E-state index in [1.165, 1.54) is 18.7 Å². The van der Waals surface area contributed by atoms with Crippen molar-refractivity contribution >= 4 is 28.4 Å². The van der Waals surface area contributed by atoms with E-state index in [-0.39, 0.29) is 17.5 Å². The largest absolute Gasteiger partial charge is 0.361 e. The van der Waals surface area contributed by atoms with Crippen LogP contribution in [0.1, 0.15) is 59.0 Å². The number of anilines is 1. The molecule has 4 rings (SSSR count). The number of hydrogen-bond acceptors (Lipinski definition) is 7. The minimum Gasteiger partial charge on any atom is -0.361 e. The van der Waals surface area contributed by atoms with E-state index in [2.05, 4.69) is 25.4 Å². The Bertz CT molecular complexity index is 1240. The molecule has 0 aliphatic carbocycles. The van der Waals surface area contributed by atoms with E-state index in [4.69, 9.17) is 4.52 Å². The van der Waals surface area contributed by atoms with Gasteiger partial charge in [0.05, 0.1) is 17.4 Å². The van der Waals surface area contributed by atoms with Gasteiger partial charge in [-0.1, -0.05) is 12.1 Å². The third-order valence-corrected chi connectivity index (χ3v) is 4.69. The van der Waals surface area contributed by atoms with E-state index in [9.17, 15) is 9.59 Å². The maximum atomic E-state index is 13.2. The number of nitrogens with zero attached hydrogens (tertiary/aromatic N) is 5. The van der Waals surface area contributed by atoms with Gasteiger partial charge >= 0.3 is 0 Å². The number of fused-ring (bicyclic) bond motifs is 1. The van der Waals surface area contributed by atoms with Crippen molar-refractivity contribution in [3.05, 3.63) is 65.8 Å². The monoisotopic (exact) mass is 404 g/mol. The Labute approximate surface area is 172 Å². The van der Waals surface area contributed by atoms with Crippen LogP contribution in [0.5, 0.6) is 0 Å². The molecule has 0 fully saturated rings. The molecule has 0 saturated heterocycles. The molecule has 9 nitrogen and oxygen atoms in total. The number of hydrogen-bond donors (Lipinski definition) is 1. The molecule has 4 heterocycles. The molecule has 0 bridgehead atoms. The molecule has 0 atom stereocenters. The quantitative estimate of drug-likeness (QED) is 0.489. The first-order chi connectivity index (χ1) is 14.5. The van der Waals surface area contributed by atoms with Gasteiger partial charge in [0, 0.05) is 48.1 Å². The average Bonchev–Trinajstić information content (AvgIpc) is 3.38. The summed E-state index contributed by atoms with van der Waals surface area (Å²) in [7, 11) is 0. The number of ketones is 1. The van der Waals surface area contributed by atoms with Crippen molar-refractivity contribution in [1.29, 1.82) is 0 Å². The minimum absolute atomic E-state index is 0.128. The number of aromatic nitrogens is 5. The first-order valence-corrected chi connectivity index (χ1v) is 9.55. The molecule has 0 spiro atoms. The topological polar surface area (TPSA) is 116 Å².